The Morgan fingerprint density at radius 2 is 2.14 bits per heavy atom. The smallest absolute Gasteiger partial charge is 0.252 e. The Labute approximate surface area is 82.4 Å². The Balaban J connectivity index is 2.45. The number of rotatable bonds is 4. The van der Waals surface area contributed by atoms with E-state index >= 15 is 0 Å². The zero-order valence-corrected chi connectivity index (χ0v) is 7.93. The largest absolute Gasteiger partial charge is 0.380 e. The van der Waals surface area contributed by atoms with Crippen molar-refractivity contribution in [3.63, 3.8) is 0 Å². The topological polar surface area (TPSA) is 55.2 Å². The van der Waals surface area contributed by atoms with Crippen LogP contribution >= 0.6 is 0 Å². The van der Waals surface area contributed by atoms with Gasteiger partial charge in [-0.05, 0) is 12.5 Å². The first-order valence-electron chi connectivity index (χ1n) is 4.28. The maximum Gasteiger partial charge on any atom is 0.252 e. The second-order valence-electron chi connectivity index (χ2n) is 2.94. The second kappa shape index (κ2) is 5.01. The van der Waals surface area contributed by atoms with Crippen molar-refractivity contribution in [3.05, 3.63) is 57.9 Å². The van der Waals surface area contributed by atoms with Gasteiger partial charge >= 0.3 is 0 Å². The van der Waals surface area contributed by atoms with Gasteiger partial charge in [-0.3, -0.25) is 10.1 Å². The fourth-order valence-electron chi connectivity index (χ4n) is 1.04. The first-order chi connectivity index (χ1) is 6.68. The molecule has 4 heteroatoms. The number of allylic oxidation sites excluding steroid dienone is 1. The summed E-state index contributed by atoms with van der Waals surface area (Å²) in [6.07, 6.45) is 0.961. The van der Waals surface area contributed by atoms with Gasteiger partial charge in [0.15, 0.2) is 0 Å². The molecule has 74 valence electrons. The molecule has 0 amide bonds. The van der Waals surface area contributed by atoms with E-state index in [2.05, 4.69) is 5.32 Å². The molecule has 0 saturated heterocycles. The first-order valence-corrected chi connectivity index (χ1v) is 4.28. The van der Waals surface area contributed by atoms with Gasteiger partial charge in [0.25, 0.3) is 6.20 Å². The van der Waals surface area contributed by atoms with Crippen LogP contribution in [0.5, 0.6) is 0 Å². The number of nitro groups is 1. The van der Waals surface area contributed by atoms with Gasteiger partial charge in [0.2, 0.25) is 0 Å². The van der Waals surface area contributed by atoms with E-state index in [1.807, 2.05) is 30.3 Å². The monoisotopic (exact) mass is 192 g/mol. The number of benzene rings is 1. The van der Waals surface area contributed by atoms with E-state index in [1.54, 1.807) is 6.92 Å². The molecule has 0 heterocycles. The van der Waals surface area contributed by atoms with Gasteiger partial charge in [0.1, 0.15) is 0 Å². The highest BCUT2D eigenvalue weighted by molar-refractivity contribution is 5.15. The third-order valence-electron chi connectivity index (χ3n) is 1.71. The number of nitrogens with one attached hydrogen (secondary N) is 1. The number of nitrogens with zero attached hydrogens (tertiary/aromatic N) is 1. The lowest BCUT2D eigenvalue weighted by molar-refractivity contribution is -0.403. The molecule has 0 aliphatic heterocycles. The summed E-state index contributed by atoms with van der Waals surface area (Å²) in [5.41, 5.74) is 1.66. The van der Waals surface area contributed by atoms with E-state index < -0.39 is 4.92 Å². The molecule has 0 bridgehead atoms. The molecular formula is C10H12N2O2. The summed E-state index contributed by atoms with van der Waals surface area (Å²) >= 11 is 0. The molecule has 1 aromatic carbocycles. The van der Waals surface area contributed by atoms with Crippen LogP contribution in [-0.2, 0) is 6.54 Å². The third kappa shape index (κ3) is 3.71. The van der Waals surface area contributed by atoms with Crippen LogP contribution in [0.1, 0.15) is 12.5 Å². The predicted molar refractivity (Wildman–Crippen MR) is 54.0 cm³/mol. The van der Waals surface area contributed by atoms with Gasteiger partial charge in [0.05, 0.1) is 10.6 Å². The summed E-state index contributed by atoms with van der Waals surface area (Å²) in [6.45, 7) is 2.28. The van der Waals surface area contributed by atoms with E-state index in [0.717, 1.165) is 11.8 Å². The quantitative estimate of drug-likeness (QED) is 0.585. The molecular weight excluding hydrogens is 180 g/mol. The Kier molecular flexibility index (Phi) is 3.67. The van der Waals surface area contributed by atoms with Crippen LogP contribution in [0.3, 0.4) is 0 Å². The molecule has 0 spiro atoms. The molecule has 0 aromatic heterocycles. The van der Waals surface area contributed by atoms with E-state index in [4.69, 9.17) is 0 Å². The van der Waals surface area contributed by atoms with Gasteiger partial charge in [0, 0.05) is 6.54 Å². The SMILES string of the molecule is CC(=C[N+](=O)[O-])NCc1ccccc1. The van der Waals surface area contributed by atoms with Gasteiger partial charge in [-0.25, -0.2) is 0 Å². The lowest BCUT2D eigenvalue weighted by Gasteiger charge is -2.03. The molecule has 0 aliphatic rings. The molecule has 0 saturated carbocycles. The Bertz CT molecular complexity index is 333. The summed E-state index contributed by atoms with van der Waals surface area (Å²) in [5, 5.41) is 13.1. The summed E-state index contributed by atoms with van der Waals surface area (Å²) < 4.78 is 0. The van der Waals surface area contributed by atoms with Gasteiger partial charge in [-0.2, -0.15) is 0 Å². The fraction of sp³-hybridized carbons (Fsp3) is 0.200. The predicted octanol–water partition coefficient (Wildman–Crippen LogP) is 1.91. The van der Waals surface area contributed by atoms with Crippen LogP contribution in [0.2, 0.25) is 0 Å². The van der Waals surface area contributed by atoms with E-state index in [1.165, 1.54) is 0 Å². The zero-order chi connectivity index (χ0) is 10.4. The Morgan fingerprint density at radius 3 is 2.71 bits per heavy atom. The molecule has 1 rings (SSSR count). The standard InChI is InChI=1S/C10H12N2O2/c1-9(8-12(13)14)11-7-10-5-3-2-4-6-10/h2-6,8,11H,7H2,1H3. The van der Waals surface area contributed by atoms with Gasteiger partial charge < -0.3 is 5.32 Å². The number of hydrogen-bond donors (Lipinski definition) is 1. The molecule has 0 radical (unpaired) electrons. The highest BCUT2D eigenvalue weighted by Gasteiger charge is 1.95. The van der Waals surface area contributed by atoms with Crippen molar-refractivity contribution in [3.8, 4) is 0 Å². The Morgan fingerprint density at radius 1 is 1.50 bits per heavy atom. The lowest BCUT2D eigenvalue weighted by atomic mass is 10.2. The number of hydrogen-bond acceptors (Lipinski definition) is 3. The average Bonchev–Trinajstić information content (AvgIpc) is 2.15. The molecule has 0 atom stereocenters. The summed E-state index contributed by atoms with van der Waals surface area (Å²) in [4.78, 5) is 9.65. The van der Waals surface area contributed by atoms with Gasteiger partial charge in [-0.15, -0.1) is 0 Å². The van der Waals surface area contributed by atoms with Crippen molar-refractivity contribution in [2.24, 2.45) is 0 Å². The minimum absolute atomic E-state index is 0.465. The molecule has 0 unspecified atom stereocenters. The molecule has 4 nitrogen and oxygen atoms in total. The van der Waals surface area contributed by atoms with E-state index in [9.17, 15) is 10.1 Å². The van der Waals surface area contributed by atoms with Crippen molar-refractivity contribution in [1.29, 1.82) is 0 Å². The Hall–Kier alpha value is -1.84. The highest BCUT2D eigenvalue weighted by atomic mass is 16.6. The van der Waals surface area contributed by atoms with Crippen LogP contribution < -0.4 is 5.32 Å². The first kappa shape index (κ1) is 10.2. The van der Waals surface area contributed by atoms with Gasteiger partial charge in [-0.1, -0.05) is 30.3 Å². The third-order valence-corrected chi connectivity index (χ3v) is 1.71. The molecule has 1 N–H and O–H groups in total. The summed E-state index contributed by atoms with van der Waals surface area (Å²) in [6, 6.07) is 9.73. The van der Waals surface area contributed by atoms with Crippen LogP contribution in [0.25, 0.3) is 0 Å². The van der Waals surface area contributed by atoms with Crippen molar-refractivity contribution >= 4 is 0 Å². The fourth-order valence-corrected chi connectivity index (χ4v) is 1.04. The maximum atomic E-state index is 10.1. The van der Waals surface area contributed by atoms with E-state index in [0.29, 0.717) is 12.2 Å². The average molecular weight is 192 g/mol. The molecule has 1 aromatic rings. The minimum atomic E-state index is -0.465. The normalized spacial score (nSPS) is 11.1. The lowest BCUT2D eigenvalue weighted by Crippen LogP contribution is -2.11. The highest BCUT2D eigenvalue weighted by Crippen LogP contribution is 1.98. The summed E-state index contributed by atoms with van der Waals surface area (Å²) in [7, 11) is 0. The van der Waals surface area contributed by atoms with Crippen molar-refractivity contribution < 1.29 is 4.92 Å². The second-order valence-corrected chi connectivity index (χ2v) is 2.94. The van der Waals surface area contributed by atoms with Crippen LogP contribution in [0.4, 0.5) is 0 Å². The molecule has 14 heavy (non-hydrogen) atoms. The van der Waals surface area contributed by atoms with Crippen LogP contribution in [0.15, 0.2) is 42.2 Å². The van der Waals surface area contributed by atoms with Crippen LogP contribution in [0, 0.1) is 10.1 Å². The minimum Gasteiger partial charge on any atom is -0.380 e. The molecule has 0 aliphatic carbocycles. The van der Waals surface area contributed by atoms with Crippen molar-refractivity contribution in [2.75, 3.05) is 0 Å². The zero-order valence-electron chi connectivity index (χ0n) is 7.93. The summed E-state index contributed by atoms with van der Waals surface area (Å²) in [5.74, 6) is 0. The molecule has 0 fully saturated rings. The maximum absolute atomic E-state index is 10.1. The van der Waals surface area contributed by atoms with Crippen molar-refractivity contribution in [2.45, 2.75) is 13.5 Å². The van der Waals surface area contributed by atoms with Crippen LogP contribution in [-0.4, -0.2) is 4.92 Å². The van der Waals surface area contributed by atoms with Crippen molar-refractivity contribution in [1.82, 2.24) is 5.32 Å². The van der Waals surface area contributed by atoms with E-state index in [-0.39, 0.29) is 0 Å².